The van der Waals surface area contributed by atoms with Crippen molar-refractivity contribution in [2.75, 3.05) is 33.3 Å². The third-order valence-corrected chi connectivity index (χ3v) is 7.12. The quantitative estimate of drug-likeness (QED) is 0.691. The lowest BCUT2D eigenvalue weighted by Crippen LogP contribution is -2.48. The van der Waals surface area contributed by atoms with E-state index in [1.807, 2.05) is 0 Å². The summed E-state index contributed by atoms with van der Waals surface area (Å²) in [6.07, 6.45) is 5.78. The molecule has 2 aliphatic rings. The monoisotopic (exact) mass is 428 g/mol. The van der Waals surface area contributed by atoms with E-state index in [1.54, 1.807) is 35.7 Å². The molecule has 0 aliphatic carbocycles. The molecule has 0 amide bonds. The summed E-state index contributed by atoms with van der Waals surface area (Å²) in [7, 11) is -1.80. The molecule has 3 rings (SSSR count). The van der Waals surface area contributed by atoms with Crippen LogP contribution >= 0.6 is 0 Å². The van der Waals surface area contributed by atoms with Crippen molar-refractivity contribution in [3.8, 4) is 5.75 Å². The highest BCUT2D eigenvalue weighted by Gasteiger charge is 2.31. The number of methoxy groups -OCH3 is 1. The zero-order valence-electron chi connectivity index (χ0n) is 16.5. The number of benzene rings is 1. The van der Waals surface area contributed by atoms with Crippen molar-refractivity contribution in [2.45, 2.75) is 43.0 Å². The molecule has 10 heteroatoms. The molecule has 0 unspecified atom stereocenters. The van der Waals surface area contributed by atoms with Crippen LogP contribution in [0.4, 0.5) is 0 Å². The maximum Gasteiger partial charge on any atom is 0.414 e. The van der Waals surface area contributed by atoms with Gasteiger partial charge in [0.2, 0.25) is 10.0 Å². The van der Waals surface area contributed by atoms with Gasteiger partial charge >= 0.3 is 11.9 Å². The maximum atomic E-state index is 12.7. The summed E-state index contributed by atoms with van der Waals surface area (Å²) in [6.45, 7) is 3.59. The normalized spacial score (nSPS) is 19.1. The van der Waals surface area contributed by atoms with Crippen LogP contribution in [0.1, 0.15) is 32.1 Å². The minimum absolute atomic E-state index is 0.356. The molecule has 2 N–H and O–H groups in total. The predicted molar refractivity (Wildman–Crippen MR) is 105 cm³/mol. The second-order valence-electron chi connectivity index (χ2n) is 7.02. The number of hydrogen-bond acceptors (Lipinski definition) is 6. The smallest absolute Gasteiger partial charge is 0.414 e. The molecule has 0 saturated carbocycles. The fourth-order valence-corrected chi connectivity index (χ4v) is 5.10. The van der Waals surface area contributed by atoms with Crippen molar-refractivity contribution in [1.29, 1.82) is 0 Å². The molecule has 29 heavy (non-hydrogen) atoms. The Labute approximate surface area is 170 Å². The number of carboxylic acids is 2. The second-order valence-corrected chi connectivity index (χ2v) is 8.96. The van der Waals surface area contributed by atoms with E-state index in [0.717, 1.165) is 12.8 Å². The highest BCUT2D eigenvalue weighted by atomic mass is 32.2. The van der Waals surface area contributed by atoms with Crippen LogP contribution in [0, 0.1) is 0 Å². The minimum Gasteiger partial charge on any atom is -0.497 e. The van der Waals surface area contributed by atoms with Crippen LogP contribution in [0.15, 0.2) is 29.2 Å². The van der Waals surface area contributed by atoms with Crippen molar-refractivity contribution in [1.82, 2.24) is 9.21 Å². The zero-order valence-corrected chi connectivity index (χ0v) is 17.3. The van der Waals surface area contributed by atoms with E-state index in [2.05, 4.69) is 4.90 Å². The number of carbonyl (C=O) groups is 2. The molecule has 0 radical (unpaired) electrons. The summed E-state index contributed by atoms with van der Waals surface area (Å²) in [5.74, 6) is -2.97. The van der Waals surface area contributed by atoms with Gasteiger partial charge in [-0.3, -0.25) is 0 Å². The van der Waals surface area contributed by atoms with Crippen molar-refractivity contribution in [2.24, 2.45) is 0 Å². The number of ether oxygens (including phenoxy) is 1. The van der Waals surface area contributed by atoms with Gasteiger partial charge in [0, 0.05) is 19.1 Å². The predicted octanol–water partition coefficient (Wildman–Crippen LogP) is 1.49. The van der Waals surface area contributed by atoms with Crippen LogP contribution in [-0.4, -0.2) is 79.1 Å². The standard InChI is InChI=1S/C17H26N2O3S.C2H2O4/c1-22-16-5-7-17(8-6-16)23(20,21)19-13-9-15(10-14-19)18-11-3-2-4-12-18;3-1(4)2(5)6/h5-8,15H,2-4,9-14H2,1H3;(H,3,4)(H,5,6). The summed E-state index contributed by atoms with van der Waals surface area (Å²) in [4.78, 5) is 21.1. The second kappa shape index (κ2) is 10.6. The van der Waals surface area contributed by atoms with Crippen LogP contribution in [-0.2, 0) is 19.6 Å². The topological polar surface area (TPSA) is 124 Å². The lowest BCUT2D eigenvalue weighted by Gasteiger charge is -2.39. The van der Waals surface area contributed by atoms with Crippen LogP contribution in [0.5, 0.6) is 5.75 Å². The van der Waals surface area contributed by atoms with E-state index in [9.17, 15) is 8.42 Å². The molecule has 2 aliphatic heterocycles. The van der Waals surface area contributed by atoms with Gasteiger partial charge in [-0.15, -0.1) is 0 Å². The first kappa shape index (κ1) is 23.1. The molecule has 2 heterocycles. The van der Waals surface area contributed by atoms with Gasteiger partial charge in [-0.25, -0.2) is 18.0 Å². The Morgan fingerprint density at radius 2 is 1.45 bits per heavy atom. The highest BCUT2D eigenvalue weighted by molar-refractivity contribution is 7.89. The molecule has 2 fully saturated rings. The largest absolute Gasteiger partial charge is 0.497 e. The minimum atomic E-state index is -3.38. The summed E-state index contributed by atoms with van der Waals surface area (Å²) < 4.78 is 32.2. The highest BCUT2D eigenvalue weighted by Crippen LogP contribution is 2.26. The van der Waals surface area contributed by atoms with Gasteiger partial charge in [-0.05, 0) is 63.0 Å². The molecule has 1 aromatic rings. The van der Waals surface area contributed by atoms with Gasteiger partial charge in [-0.1, -0.05) is 6.42 Å². The lowest BCUT2D eigenvalue weighted by molar-refractivity contribution is -0.159. The van der Waals surface area contributed by atoms with Crippen LogP contribution in [0.2, 0.25) is 0 Å². The molecule has 0 atom stereocenters. The molecule has 0 spiro atoms. The van der Waals surface area contributed by atoms with Gasteiger partial charge in [0.25, 0.3) is 0 Å². The lowest BCUT2D eigenvalue weighted by atomic mass is 10.0. The average molecular weight is 429 g/mol. The number of rotatable bonds is 4. The number of hydrogen-bond donors (Lipinski definition) is 2. The van der Waals surface area contributed by atoms with Crippen LogP contribution in [0.25, 0.3) is 0 Å². The number of carboxylic acid groups (broad SMARTS) is 2. The summed E-state index contributed by atoms with van der Waals surface area (Å²) >= 11 is 0. The molecule has 0 bridgehead atoms. The van der Waals surface area contributed by atoms with E-state index >= 15 is 0 Å². The van der Waals surface area contributed by atoms with E-state index < -0.39 is 22.0 Å². The van der Waals surface area contributed by atoms with E-state index in [-0.39, 0.29) is 0 Å². The molecule has 1 aromatic carbocycles. The fourth-order valence-electron chi connectivity index (χ4n) is 3.63. The first-order valence-corrected chi connectivity index (χ1v) is 11.0. The molecular formula is C19H28N2O7S. The van der Waals surface area contributed by atoms with E-state index in [1.165, 1.54) is 32.4 Å². The SMILES string of the molecule is COc1ccc(S(=O)(=O)N2CCC(N3CCCCC3)CC2)cc1.O=C(O)C(=O)O. The van der Waals surface area contributed by atoms with Gasteiger partial charge < -0.3 is 19.8 Å². The number of piperidine rings is 2. The van der Waals surface area contributed by atoms with Crippen molar-refractivity contribution in [3.05, 3.63) is 24.3 Å². The number of likely N-dealkylation sites (tertiary alicyclic amines) is 1. The van der Waals surface area contributed by atoms with Gasteiger partial charge in [0.15, 0.2) is 0 Å². The summed E-state index contributed by atoms with van der Waals surface area (Å²) in [5.41, 5.74) is 0. The zero-order chi connectivity index (χ0) is 21.4. The van der Waals surface area contributed by atoms with E-state index in [4.69, 9.17) is 24.5 Å². The maximum absolute atomic E-state index is 12.7. The first-order valence-electron chi connectivity index (χ1n) is 9.60. The number of sulfonamides is 1. The van der Waals surface area contributed by atoms with Gasteiger partial charge in [0.1, 0.15) is 5.75 Å². The number of aliphatic carboxylic acids is 2. The van der Waals surface area contributed by atoms with Gasteiger partial charge in [-0.2, -0.15) is 4.31 Å². The summed E-state index contributed by atoms with van der Waals surface area (Å²) in [5, 5.41) is 14.8. The Hall–Kier alpha value is -2.17. The van der Waals surface area contributed by atoms with Crippen LogP contribution < -0.4 is 4.74 Å². The Kier molecular flexibility index (Phi) is 8.42. The van der Waals surface area contributed by atoms with Crippen molar-refractivity contribution < 1.29 is 33.0 Å². The van der Waals surface area contributed by atoms with Crippen molar-refractivity contribution in [3.63, 3.8) is 0 Å². The summed E-state index contributed by atoms with van der Waals surface area (Å²) in [6, 6.07) is 7.22. The van der Waals surface area contributed by atoms with E-state index in [0.29, 0.717) is 29.8 Å². The van der Waals surface area contributed by atoms with Crippen molar-refractivity contribution >= 4 is 22.0 Å². The number of nitrogens with zero attached hydrogens (tertiary/aromatic N) is 2. The third kappa shape index (κ3) is 6.41. The molecule has 0 aromatic heterocycles. The van der Waals surface area contributed by atoms with Gasteiger partial charge in [0.05, 0.1) is 12.0 Å². The molecular weight excluding hydrogens is 400 g/mol. The molecule has 2 saturated heterocycles. The first-order chi connectivity index (χ1) is 13.8. The third-order valence-electron chi connectivity index (χ3n) is 5.21. The average Bonchev–Trinajstić information content (AvgIpc) is 2.75. The Bertz CT molecular complexity index is 769. The fraction of sp³-hybridized carbons (Fsp3) is 0.579. The molecule has 9 nitrogen and oxygen atoms in total. The Morgan fingerprint density at radius 1 is 0.931 bits per heavy atom. The van der Waals surface area contributed by atoms with Crippen LogP contribution in [0.3, 0.4) is 0 Å². The molecule has 162 valence electrons. The Balaban J connectivity index is 0.000000438. The Morgan fingerprint density at radius 3 is 1.90 bits per heavy atom.